The Morgan fingerprint density at radius 2 is 1.61 bits per heavy atom. The molecule has 0 aliphatic carbocycles. The molecule has 0 saturated carbocycles. The fourth-order valence-electron chi connectivity index (χ4n) is 1.70. The van der Waals surface area contributed by atoms with E-state index >= 15 is 0 Å². The molecular weight excluding hydrogens is 338 g/mol. The first-order valence-corrected chi connectivity index (χ1v) is 10.7. The van der Waals surface area contributed by atoms with E-state index in [-0.39, 0.29) is 17.5 Å². The molecule has 0 saturated heterocycles. The molecule has 0 heterocycles. The lowest BCUT2D eigenvalue weighted by Gasteiger charge is -2.10. The highest BCUT2D eigenvalue weighted by Crippen LogP contribution is 2.11. The van der Waals surface area contributed by atoms with Gasteiger partial charge in [-0.3, -0.25) is 0 Å². The number of hydrogen-bond acceptors (Lipinski definition) is 5. The smallest absolute Gasteiger partial charge is 0.240 e. The Morgan fingerprint density at radius 3 is 2.13 bits per heavy atom. The predicted molar refractivity (Wildman–Crippen MR) is 91.0 cm³/mol. The van der Waals surface area contributed by atoms with Crippen molar-refractivity contribution in [3.63, 3.8) is 0 Å². The van der Waals surface area contributed by atoms with Crippen LogP contribution in [0.4, 0.5) is 0 Å². The van der Waals surface area contributed by atoms with Crippen LogP contribution < -0.4 is 14.8 Å². The van der Waals surface area contributed by atoms with Gasteiger partial charge in [0, 0.05) is 13.1 Å². The number of rotatable bonds is 10. The van der Waals surface area contributed by atoms with Gasteiger partial charge >= 0.3 is 0 Å². The van der Waals surface area contributed by atoms with Gasteiger partial charge in [0.15, 0.2) is 0 Å². The summed E-state index contributed by atoms with van der Waals surface area (Å²) in [6.07, 6.45) is 1.77. The maximum absolute atomic E-state index is 12.1. The summed E-state index contributed by atoms with van der Waals surface area (Å²) < 4.78 is 50.8. The molecule has 0 bridgehead atoms. The molecule has 0 amide bonds. The molecule has 23 heavy (non-hydrogen) atoms. The van der Waals surface area contributed by atoms with Crippen molar-refractivity contribution in [2.24, 2.45) is 5.92 Å². The highest BCUT2D eigenvalue weighted by atomic mass is 32.2. The molecule has 0 spiro atoms. The molecule has 0 atom stereocenters. The summed E-state index contributed by atoms with van der Waals surface area (Å²) in [7, 11) is -6.65. The van der Waals surface area contributed by atoms with Gasteiger partial charge in [0.1, 0.15) is 0 Å². The van der Waals surface area contributed by atoms with Crippen molar-refractivity contribution >= 4 is 20.0 Å². The van der Waals surface area contributed by atoms with Crippen molar-refractivity contribution in [3.05, 3.63) is 29.8 Å². The molecular formula is C14H25N3O4S2. The van der Waals surface area contributed by atoms with Crippen molar-refractivity contribution in [2.45, 2.75) is 25.2 Å². The standard InChI is InChI=1S/C14H25N3O4S2/c1-12(2)10-16-23(20,21)14-6-4-13(5-7-14)8-9-15-11-17-22(3,18)19/h4-7,12,15-17H,8-11H2,1-3H3. The minimum absolute atomic E-state index is 0.171. The molecule has 0 radical (unpaired) electrons. The average Bonchev–Trinajstić information content (AvgIpc) is 2.44. The molecule has 7 nitrogen and oxygen atoms in total. The van der Waals surface area contributed by atoms with Gasteiger partial charge in [-0.2, -0.15) is 0 Å². The van der Waals surface area contributed by atoms with Crippen molar-refractivity contribution in [3.8, 4) is 0 Å². The zero-order valence-corrected chi connectivity index (χ0v) is 15.3. The van der Waals surface area contributed by atoms with Crippen LogP contribution in [0.2, 0.25) is 0 Å². The third kappa shape index (κ3) is 8.42. The Bertz CT molecular complexity index is 683. The molecule has 0 aromatic heterocycles. The number of hydrogen-bond donors (Lipinski definition) is 3. The Hall–Kier alpha value is -1.00. The summed E-state index contributed by atoms with van der Waals surface area (Å²) in [5.41, 5.74) is 0.972. The van der Waals surface area contributed by atoms with Crippen molar-refractivity contribution < 1.29 is 16.8 Å². The van der Waals surface area contributed by atoms with Crippen LogP contribution in [0.1, 0.15) is 19.4 Å². The van der Waals surface area contributed by atoms with Crippen LogP contribution >= 0.6 is 0 Å². The molecule has 0 aliphatic heterocycles. The van der Waals surface area contributed by atoms with Crippen molar-refractivity contribution in [1.29, 1.82) is 0 Å². The lowest BCUT2D eigenvalue weighted by molar-refractivity contribution is 0.560. The van der Waals surface area contributed by atoms with E-state index in [1.807, 2.05) is 13.8 Å². The van der Waals surface area contributed by atoms with Crippen LogP contribution in [0.25, 0.3) is 0 Å². The maximum atomic E-state index is 12.1. The molecule has 3 N–H and O–H groups in total. The minimum Gasteiger partial charge on any atom is -0.303 e. The van der Waals surface area contributed by atoms with Gasteiger partial charge < -0.3 is 5.32 Å². The zero-order valence-electron chi connectivity index (χ0n) is 13.7. The van der Waals surface area contributed by atoms with E-state index in [9.17, 15) is 16.8 Å². The van der Waals surface area contributed by atoms with E-state index in [0.717, 1.165) is 11.8 Å². The quantitative estimate of drug-likeness (QED) is 0.409. The van der Waals surface area contributed by atoms with E-state index in [1.54, 1.807) is 24.3 Å². The van der Waals surface area contributed by atoms with Crippen LogP contribution in [-0.4, -0.2) is 42.8 Å². The molecule has 9 heteroatoms. The normalized spacial score (nSPS) is 12.7. The first-order chi connectivity index (χ1) is 10.6. The van der Waals surface area contributed by atoms with Gasteiger partial charge in [0.25, 0.3) is 0 Å². The molecule has 0 aliphatic rings. The van der Waals surface area contributed by atoms with Gasteiger partial charge in [-0.25, -0.2) is 26.3 Å². The van der Waals surface area contributed by atoms with Crippen LogP contribution in [-0.2, 0) is 26.5 Å². The molecule has 1 aromatic rings. The van der Waals surface area contributed by atoms with Gasteiger partial charge in [-0.15, -0.1) is 0 Å². The fraction of sp³-hybridized carbons (Fsp3) is 0.571. The fourth-order valence-corrected chi connectivity index (χ4v) is 3.28. The second-order valence-electron chi connectivity index (χ2n) is 5.73. The van der Waals surface area contributed by atoms with E-state index in [2.05, 4.69) is 14.8 Å². The zero-order chi connectivity index (χ0) is 17.5. The van der Waals surface area contributed by atoms with Crippen molar-refractivity contribution in [2.75, 3.05) is 26.0 Å². The molecule has 132 valence electrons. The van der Waals surface area contributed by atoms with E-state index in [0.29, 0.717) is 19.5 Å². The minimum atomic E-state index is -3.46. The SMILES string of the molecule is CC(C)CNS(=O)(=O)c1ccc(CCNCNS(C)(=O)=O)cc1. The molecule has 0 fully saturated rings. The summed E-state index contributed by atoms with van der Waals surface area (Å²) in [6, 6.07) is 6.67. The average molecular weight is 364 g/mol. The highest BCUT2D eigenvalue weighted by molar-refractivity contribution is 7.89. The summed E-state index contributed by atoms with van der Waals surface area (Å²) in [5, 5.41) is 2.95. The number of sulfonamides is 2. The third-order valence-electron chi connectivity index (χ3n) is 2.97. The first-order valence-electron chi connectivity index (χ1n) is 7.34. The number of nitrogens with one attached hydrogen (secondary N) is 3. The summed E-state index contributed by atoms with van der Waals surface area (Å²) in [5.74, 6) is 0.246. The molecule has 1 rings (SSSR count). The lowest BCUT2D eigenvalue weighted by Crippen LogP contribution is -2.34. The topological polar surface area (TPSA) is 104 Å². The second kappa shape index (κ2) is 8.74. The van der Waals surface area contributed by atoms with Crippen molar-refractivity contribution in [1.82, 2.24) is 14.8 Å². The molecule has 1 aromatic carbocycles. The Morgan fingerprint density at radius 1 is 1.00 bits per heavy atom. The first kappa shape index (κ1) is 20.0. The van der Waals surface area contributed by atoms with Crippen LogP contribution in [0.3, 0.4) is 0 Å². The van der Waals surface area contributed by atoms with Crippen LogP contribution in [0.15, 0.2) is 29.2 Å². The Labute approximate surface area is 139 Å². The van der Waals surface area contributed by atoms with E-state index in [1.165, 1.54) is 0 Å². The second-order valence-corrected chi connectivity index (χ2v) is 9.33. The summed E-state index contributed by atoms with van der Waals surface area (Å²) in [4.78, 5) is 0.244. The summed E-state index contributed by atoms with van der Waals surface area (Å²) in [6.45, 7) is 5.04. The van der Waals surface area contributed by atoms with Gasteiger partial charge in [-0.05, 0) is 30.0 Å². The highest BCUT2D eigenvalue weighted by Gasteiger charge is 2.13. The van der Waals surface area contributed by atoms with E-state index < -0.39 is 20.0 Å². The van der Waals surface area contributed by atoms with Gasteiger partial charge in [0.05, 0.1) is 17.8 Å². The number of benzene rings is 1. The summed E-state index contributed by atoms with van der Waals surface area (Å²) >= 11 is 0. The largest absolute Gasteiger partial charge is 0.303 e. The maximum Gasteiger partial charge on any atom is 0.240 e. The predicted octanol–water partition coefficient (Wildman–Crippen LogP) is 0.260. The Balaban J connectivity index is 2.47. The van der Waals surface area contributed by atoms with Gasteiger partial charge in [-0.1, -0.05) is 26.0 Å². The van der Waals surface area contributed by atoms with E-state index in [4.69, 9.17) is 0 Å². The van der Waals surface area contributed by atoms with Crippen LogP contribution in [0, 0.1) is 5.92 Å². The lowest BCUT2D eigenvalue weighted by atomic mass is 10.1. The molecule has 0 unspecified atom stereocenters. The third-order valence-corrected chi connectivity index (χ3v) is 5.07. The Kier molecular flexibility index (Phi) is 7.62. The monoisotopic (exact) mass is 363 g/mol. The van der Waals surface area contributed by atoms with Gasteiger partial charge in [0.2, 0.25) is 20.0 Å². The van der Waals surface area contributed by atoms with Crippen LogP contribution in [0.5, 0.6) is 0 Å².